The Bertz CT molecular complexity index is 615. The van der Waals surface area contributed by atoms with Gasteiger partial charge in [0.25, 0.3) is 5.91 Å². The van der Waals surface area contributed by atoms with E-state index in [1.54, 1.807) is 0 Å². The van der Waals surface area contributed by atoms with Crippen LogP contribution in [0.4, 0.5) is 18.9 Å². The molecule has 0 spiro atoms. The Morgan fingerprint density at radius 1 is 1.21 bits per heavy atom. The van der Waals surface area contributed by atoms with Gasteiger partial charge in [-0.2, -0.15) is 0 Å². The average Bonchev–Trinajstić information content (AvgIpc) is 3.07. The van der Waals surface area contributed by atoms with Crippen LogP contribution in [0.1, 0.15) is 45.4 Å². The van der Waals surface area contributed by atoms with Crippen LogP contribution >= 0.6 is 0 Å². The Balaban J connectivity index is 1.83. The minimum Gasteiger partial charge on any atom is -0.453 e. The second-order valence-electron chi connectivity index (χ2n) is 6.03. The van der Waals surface area contributed by atoms with Gasteiger partial charge in [-0.3, -0.25) is 9.59 Å². The minimum atomic E-state index is -1.67. The van der Waals surface area contributed by atoms with E-state index < -0.39 is 41.1 Å². The van der Waals surface area contributed by atoms with Crippen molar-refractivity contribution < 1.29 is 27.5 Å². The number of ether oxygens (including phenoxy) is 1. The highest BCUT2D eigenvalue weighted by molar-refractivity contribution is 5.95. The van der Waals surface area contributed by atoms with E-state index in [9.17, 15) is 22.8 Å². The zero-order valence-electron chi connectivity index (χ0n) is 13.4. The van der Waals surface area contributed by atoms with Crippen molar-refractivity contribution in [3.63, 3.8) is 0 Å². The maximum atomic E-state index is 13.5. The third kappa shape index (κ3) is 4.72. The SMILES string of the molecule is C[C@@H](OC(=O)CCC1CCCC1)C(=O)Nc1ccc(F)c(F)c1F. The van der Waals surface area contributed by atoms with Gasteiger partial charge >= 0.3 is 5.97 Å². The molecule has 1 fully saturated rings. The fourth-order valence-corrected chi connectivity index (χ4v) is 2.79. The normalized spacial score (nSPS) is 16.0. The number of benzene rings is 1. The molecule has 24 heavy (non-hydrogen) atoms. The average molecular weight is 343 g/mol. The van der Waals surface area contributed by atoms with Crippen molar-refractivity contribution in [1.82, 2.24) is 0 Å². The molecule has 1 N–H and O–H groups in total. The van der Waals surface area contributed by atoms with Gasteiger partial charge in [0.2, 0.25) is 0 Å². The van der Waals surface area contributed by atoms with E-state index in [1.807, 2.05) is 0 Å². The third-order valence-corrected chi connectivity index (χ3v) is 4.20. The molecule has 0 bridgehead atoms. The van der Waals surface area contributed by atoms with Crippen LogP contribution in [0.2, 0.25) is 0 Å². The van der Waals surface area contributed by atoms with Gasteiger partial charge < -0.3 is 10.1 Å². The van der Waals surface area contributed by atoms with Crippen LogP contribution in [0, 0.1) is 23.4 Å². The van der Waals surface area contributed by atoms with Gasteiger partial charge in [0.1, 0.15) is 0 Å². The maximum absolute atomic E-state index is 13.5. The quantitative estimate of drug-likeness (QED) is 0.629. The zero-order valence-corrected chi connectivity index (χ0v) is 13.4. The van der Waals surface area contributed by atoms with Gasteiger partial charge in [-0.15, -0.1) is 0 Å². The second-order valence-corrected chi connectivity index (χ2v) is 6.03. The molecule has 1 saturated carbocycles. The molecular formula is C17H20F3NO3. The van der Waals surface area contributed by atoms with Crippen molar-refractivity contribution in [2.75, 3.05) is 5.32 Å². The number of nitrogens with one attached hydrogen (secondary N) is 1. The molecule has 1 atom stereocenters. The van der Waals surface area contributed by atoms with E-state index in [4.69, 9.17) is 4.74 Å². The summed E-state index contributed by atoms with van der Waals surface area (Å²) in [6.45, 7) is 1.33. The molecule has 0 aromatic heterocycles. The Morgan fingerprint density at radius 2 is 1.88 bits per heavy atom. The minimum absolute atomic E-state index is 0.224. The number of carbonyl (C=O) groups excluding carboxylic acids is 2. The van der Waals surface area contributed by atoms with Gasteiger partial charge in [-0.25, -0.2) is 13.2 Å². The molecule has 4 nitrogen and oxygen atoms in total. The van der Waals surface area contributed by atoms with Crippen LogP contribution in [0.3, 0.4) is 0 Å². The summed E-state index contributed by atoms with van der Waals surface area (Å²) in [7, 11) is 0. The highest BCUT2D eigenvalue weighted by atomic mass is 19.2. The number of carbonyl (C=O) groups is 2. The fraction of sp³-hybridized carbons (Fsp3) is 0.529. The topological polar surface area (TPSA) is 55.4 Å². The second kappa shape index (κ2) is 8.17. The summed E-state index contributed by atoms with van der Waals surface area (Å²) in [6, 6.07) is 1.60. The lowest BCUT2D eigenvalue weighted by Crippen LogP contribution is -2.30. The number of anilines is 1. The molecule has 0 unspecified atom stereocenters. The van der Waals surface area contributed by atoms with E-state index in [-0.39, 0.29) is 6.42 Å². The molecule has 1 amide bonds. The molecule has 1 aromatic carbocycles. The molecule has 132 valence electrons. The van der Waals surface area contributed by atoms with Crippen LogP contribution in [0.5, 0.6) is 0 Å². The fourth-order valence-electron chi connectivity index (χ4n) is 2.79. The van der Waals surface area contributed by atoms with Crippen molar-refractivity contribution >= 4 is 17.6 Å². The van der Waals surface area contributed by atoms with Crippen LogP contribution in [-0.2, 0) is 14.3 Å². The monoisotopic (exact) mass is 343 g/mol. The lowest BCUT2D eigenvalue weighted by Gasteiger charge is -2.15. The first-order chi connectivity index (χ1) is 11.4. The molecule has 0 radical (unpaired) electrons. The van der Waals surface area contributed by atoms with Gasteiger partial charge in [-0.1, -0.05) is 25.7 Å². The van der Waals surface area contributed by atoms with Crippen molar-refractivity contribution in [2.45, 2.75) is 51.6 Å². The molecule has 1 aliphatic carbocycles. The van der Waals surface area contributed by atoms with Crippen molar-refractivity contribution in [2.24, 2.45) is 5.92 Å². The van der Waals surface area contributed by atoms with Crippen LogP contribution in [-0.4, -0.2) is 18.0 Å². The predicted octanol–water partition coefficient (Wildman–Crippen LogP) is 3.94. The number of amides is 1. The summed E-state index contributed by atoms with van der Waals surface area (Å²) in [5.74, 6) is -5.31. The van der Waals surface area contributed by atoms with Crippen LogP contribution in [0.25, 0.3) is 0 Å². The molecule has 0 heterocycles. The molecule has 0 aliphatic heterocycles. The first-order valence-corrected chi connectivity index (χ1v) is 8.02. The molecule has 0 saturated heterocycles. The Kier molecular flexibility index (Phi) is 6.23. The standard InChI is InChI=1S/C17H20F3NO3/c1-10(24-14(22)9-6-11-4-2-3-5-11)17(23)21-13-8-7-12(18)15(19)16(13)20/h7-8,10-11H,2-6,9H2,1H3,(H,21,23)/t10-/m1/s1. The van der Waals surface area contributed by atoms with Gasteiger partial charge in [-0.05, 0) is 31.4 Å². The van der Waals surface area contributed by atoms with Gasteiger partial charge in [0.05, 0.1) is 5.69 Å². The Morgan fingerprint density at radius 3 is 2.54 bits per heavy atom. The van der Waals surface area contributed by atoms with Gasteiger partial charge in [0, 0.05) is 6.42 Å². The number of halogens is 3. The number of hydrogen-bond acceptors (Lipinski definition) is 3. The summed E-state index contributed by atoms with van der Waals surface area (Å²) in [4.78, 5) is 23.6. The Labute approximate surface area is 138 Å². The zero-order chi connectivity index (χ0) is 17.7. The van der Waals surface area contributed by atoms with Crippen molar-refractivity contribution in [1.29, 1.82) is 0 Å². The van der Waals surface area contributed by atoms with E-state index in [2.05, 4.69) is 5.32 Å². The van der Waals surface area contributed by atoms with Crippen molar-refractivity contribution in [3.05, 3.63) is 29.6 Å². The molecule has 7 heteroatoms. The van der Waals surface area contributed by atoms with E-state index in [0.29, 0.717) is 12.0 Å². The smallest absolute Gasteiger partial charge is 0.306 e. The highest BCUT2D eigenvalue weighted by Gasteiger charge is 2.22. The molecule has 1 aliphatic rings. The summed E-state index contributed by atoms with van der Waals surface area (Å²) in [6.07, 6.45) is 4.37. The van der Waals surface area contributed by atoms with E-state index in [1.165, 1.54) is 19.8 Å². The first kappa shape index (κ1) is 18.3. The summed E-state index contributed by atoms with van der Waals surface area (Å²) in [5.41, 5.74) is -0.507. The van der Waals surface area contributed by atoms with Crippen LogP contribution < -0.4 is 5.32 Å². The summed E-state index contributed by atoms with van der Waals surface area (Å²) >= 11 is 0. The van der Waals surface area contributed by atoms with Crippen molar-refractivity contribution in [3.8, 4) is 0 Å². The number of hydrogen-bond donors (Lipinski definition) is 1. The van der Waals surface area contributed by atoms with E-state index >= 15 is 0 Å². The molecule has 1 aromatic rings. The number of rotatable bonds is 6. The van der Waals surface area contributed by atoms with E-state index in [0.717, 1.165) is 25.3 Å². The number of esters is 1. The molecular weight excluding hydrogens is 323 g/mol. The lowest BCUT2D eigenvalue weighted by atomic mass is 10.0. The summed E-state index contributed by atoms with van der Waals surface area (Å²) < 4.78 is 44.5. The highest BCUT2D eigenvalue weighted by Crippen LogP contribution is 2.28. The van der Waals surface area contributed by atoms with Crippen LogP contribution in [0.15, 0.2) is 12.1 Å². The largest absolute Gasteiger partial charge is 0.453 e. The lowest BCUT2D eigenvalue weighted by molar-refractivity contribution is -0.153. The maximum Gasteiger partial charge on any atom is 0.306 e. The third-order valence-electron chi connectivity index (χ3n) is 4.20. The first-order valence-electron chi connectivity index (χ1n) is 8.02. The summed E-state index contributed by atoms with van der Waals surface area (Å²) in [5, 5.41) is 2.08. The predicted molar refractivity (Wildman–Crippen MR) is 81.7 cm³/mol. The van der Waals surface area contributed by atoms with Gasteiger partial charge in [0.15, 0.2) is 23.6 Å². The molecule has 2 rings (SSSR count). The Hall–Kier alpha value is -2.05.